The third kappa shape index (κ3) is 2.26. The largest absolute Gasteiger partial charge is 0.325 e. The van der Waals surface area contributed by atoms with E-state index in [1.807, 2.05) is 6.92 Å². The monoisotopic (exact) mass is 268 g/mol. The lowest BCUT2D eigenvalue weighted by molar-refractivity contribution is -0.116. The Kier molecular flexibility index (Phi) is 3.41. The molecule has 1 aromatic carbocycles. The van der Waals surface area contributed by atoms with Crippen molar-refractivity contribution >= 4 is 21.6 Å². The van der Waals surface area contributed by atoms with Gasteiger partial charge in [0.25, 0.3) is 0 Å². The molecule has 0 fully saturated rings. The predicted octanol–water partition coefficient (Wildman–Crippen LogP) is 1.43. The van der Waals surface area contributed by atoms with E-state index < -0.39 is 10.0 Å². The van der Waals surface area contributed by atoms with Gasteiger partial charge in [-0.3, -0.25) is 4.79 Å². The first-order valence-corrected chi connectivity index (χ1v) is 7.38. The molecule has 0 saturated carbocycles. The van der Waals surface area contributed by atoms with Crippen molar-refractivity contribution in [2.75, 3.05) is 11.9 Å². The molecule has 0 aromatic heterocycles. The summed E-state index contributed by atoms with van der Waals surface area (Å²) in [7, 11) is -3.47. The minimum absolute atomic E-state index is 0.0962. The van der Waals surface area contributed by atoms with Gasteiger partial charge in [-0.2, -0.15) is 0 Å². The fourth-order valence-corrected chi connectivity index (χ4v) is 3.05. The Bertz CT molecular complexity index is 581. The molecule has 2 rings (SSSR count). The molecular formula is C12H16N2O3S. The highest BCUT2D eigenvalue weighted by molar-refractivity contribution is 7.89. The number of nitrogens with one attached hydrogen (secondary N) is 2. The second-order valence-corrected chi connectivity index (χ2v) is 6.12. The summed E-state index contributed by atoms with van der Waals surface area (Å²) in [6, 6.07) is 4.71. The van der Waals surface area contributed by atoms with E-state index >= 15 is 0 Å². The molecule has 98 valence electrons. The van der Waals surface area contributed by atoms with Crippen LogP contribution in [-0.2, 0) is 14.8 Å². The number of amides is 1. The van der Waals surface area contributed by atoms with Crippen molar-refractivity contribution < 1.29 is 13.2 Å². The fourth-order valence-electron chi connectivity index (χ4n) is 1.88. The predicted molar refractivity (Wildman–Crippen MR) is 69.0 cm³/mol. The quantitative estimate of drug-likeness (QED) is 0.867. The number of anilines is 1. The first-order valence-electron chi connectivity index (χ1n) is 5.90. The van der Waals surface area contributed by atoms with E-state index in [4.69, 9.17) is 0 Å². The zero-order valence-corrected chi connectivity index (χ0v) is 11.2. The number of carbonyl (C=O) groups is 1. The molecule has 1 amide bonds. The van der Waals surface area contributed by atoms with E-state index in [2.05, 4.69) is 10.0 Å². The van der Waals surface area contributed by atoms with Crippen molar-refractivity contribution in [2.45, 2.75) is 31.1 Å². The summed E-state index contributed by atoms with van der Waals surface area (Å²) < 4.78 is 26.4. The van der Waals surface area contributed by atoms with E-state index in [-0.39, 0.29) is 16.7 Å². The van der Waals surface area contributed by atoms with Crippen LogP contribution in [0.4, 0.5) is 5.69 Å². The van der Waals surface area contributed by atoms with Gasteiger partial charge in [0.15, 0.2) is 0 Å². The van der Waals surface area contributed by atoms with Crippen molar-refractivity contribution in [3.63, 3.8) is 0 Å². The van der Waals surface area contributed by atoms with Crippen LogP contribution in [0.25, 0.3) is 0 Å². The molecule has 2 N–H and O–H groups in total. The SMILES string of the molecule is CCCNS(=O)(=O)c1ccc2c(c1)[C@@H](C)C(=O)N2. The molecule has 1 aliphatic rings. The van der Waals surface area contributed by atoms with Crippen LogP contribution in [0.1, 0.15) is 31.7 Å². The zero-order valence-electron chi connectivity index (χ0n) is 10.4. The normalized spacial score (nSPS) is 18.6. The molecular weight excluding hydrogens is 252 g/mol. The van der Waals surface area contributed by atoms with Gasteiger partial charge in [0.1, 0.15) is 0 Å². The Hall–Kier alpha value is -1.40. The standard InChI is InChI=1S/C12H16N2O3S/c1-3-6-13-18(16,17)9-4-5-11-10(7-9)8(2)12(15)14-11/h4-5,7-8,13H,3,6H2,1-2H3,(H,14,15)/t8-/m1/s1. The van der Waals surface area contributed by atoms with Crippen molar-refractivity contribution in [1.29, 1.82) is 0 Å². The molecule has 0 saturated heterocycles. The fraction of sp³-hybridized carbons (Fsp3) is 0.417. The Labute approximate surface area is 107 Å². The number of hydrogen-bond acceptors (Lipinski definition) is 3. The Morgan fingerprint density at radius 2 is 2.11 bits per heavy atom. The Morgan fingerprint density at radius 3 is 2.78 bits per heavy atom. The van der Waals surface area contributed by atoms with Gasteiger partial charge in [-0.1, -0.05) is 6.92 Å². The lowest BCUT2D eigenvalue weighted by Gasteiger charge is -2.08. The molecule has 1 atom stereocenters. The van der Waals surface area contributed by atoms with Crippen molar-refractivity contribution in [3.05, 3.63) is 23.8 Å². The molecule has 0 spiro atoms. The van der Waals surface area contributed by atoms with Crippen LogP contribution in [0.2, 0.25) is 0 Å². The average molecular weight is 268 g/mol. The number of sulfonamides is 1. The smallest absolute Gasteiger partial charge is 0.240 e. The maximum absolute atomic E-state index is 12.0. The average Bonchev–Trinajstić information content (AvgIpc) is 2.62. The maximum Gasteiger partial charge on any atom is 0.240 e. The number of benzene rings is 1. The molecule has 0 bridgehead atoms. The third-order valence-electron chi connectivity index (χ3n) is 2.99. The summed E-state index contributed by atoms with van der Waals surface area (Å²) in [5, 5.41) is 2.71. The first kappa shape index (κ1) is 13.0. The van der Waals surface area contributed by atoms with Crippen LogP contribution in [0.3, 0.4) is 0 Å². The molecule has 1 aromatic rings. The van der Waals surface area contributed by atoms with Gasteiger partial charge < -0.3 is 5.32 Å². The highest BCUT2D eigenvalue weighted by Gasteiger charge is 2.28. The molecule has 0 aliphatic carbocycles. The number of carbonyl (C=O) groups excluding carboxylic acids is 1. The second-order valence-electron chi connectivity index (χ2n) is 4.36. The summed E-state index contributed by atoms with van der Waals surface area (Å²) in [6.45, 7) is 4.07. The van der Waals surface area contributed by atoms with E-state index in [1.54, 1.807) is 19.1 Å². The van der Waals surface area contributed by atoms with E-state index in [0.717, 1.165) is 12.0 Å². The van der Waals surface area contributed by atoms with Crippen molar-refractivity contribution in [3.8, 4) is 0 Å². The number of fused-ring (bicyclic) bond motifs is 1. The highest BCUT2D eigenvalue weighted by atomic mass is 32.2. The highest BCUT2D eigenvalue weighted by Crippen LogP contribution is 2.33. The minimum atomic E-state index is -3.47. The minimum Gasteiger partial charge on any atom is -0.325 e. The van der Waals surface area contributed by atoms with E-state index in [1.165, 1.54) is 6.07 Å². The number of hydrogen-bond donors (Lipinski definition) is 2. The lowest BCUT2D eigenvalue weighted by atomic mass is 10.0. The van der Waals surface area contributed by atoms with Crippen LogP contribution >= 0.6 is 0 Å². The van der Waals surface area contributed by atoms with Gasteiger partial charge in [-0.25, -0.2) is 13.1 Å². The van der Waals surface area contributed by atoms with Crippen LogP contribution in [0.5, 0.6) is 0 Å². The van der Waals surface area contributed by atoms with Gasteiger partial charge in [0.05, 0.1) is 10.8 Å². The summed E-state index contributed by atoms with van der Waals surface area (Å²) in [4.78, 5) is 11.7. The van der Waals surface area contributed by atoms with Crippen LogP contribution in [0, 0.1) is 0 Å². The van der Waals surface area contributed by atoms with Gasteiger partial charge in [0, 0.05) is 12.2 Å². The summed E-state index contributed by atoms with van der Waals surface area (Å²) in [5.41, 5.74) is 1.43. The van der Waals surface area contributed by atoms with Gasteiger partial charge in [0.2, 0.25) is 15.9 Å². The first-order chi connectivity index (χ1) is 8.45. The van der Waals surface area contributed by atoms with Gasteiger partial charge in [-0.05, 0) is 37.1 Å². The van der Waals surface area contributed by atoms with Gasteiger partial charge in [-0.15, -0.1) is 0 Å². The summed E-state index contributed by atoms with van der Waals surface area (Å²) in [6.07, 6.45) is 0.737. The molecule has 0 unspecified atom stereocenters. The molecule has 5 nitrogen and oxygen atoms in total. The molecule has 0 radical (unpaired) electrons. The van der Waals surface area contributed by atoms with Crippen LogP contribution < -0.4 is 10.0 Å². The lowest BCUT2D eigenvalue weighted by Crippen LogP contribution is -2.24. The van der Waals surface area contributed by atoms with Crippen molar-refractivity contribution in [1.82, 2.24) is 4.72 Å². The topological polar surface area (TPSA) is 75.3 Å². The molecule has 18 heavy (non-hydrogen) atoms. The molecule has 6 heteroatoms. The zero-order chi connectivity index (χ0) is 13.3. The van der Waals surface area contributed by atoms with Gasteiger partial charge >= 0.3 is 0 Å². The Balaban J connectivity index is 2.36. The van der Waals surface area contributed by atoms with Crippen LogP contribution in [0.15, 0.2) is 23.1 Å². The third-order valence-corrected chi connectivity index (χ3v) is 4.45. The van der Waals surface area contributed by atoms with Crippen molar-refractivity contribution in [2.24, 2.45) is 0 Å². The second kappa shape index (κ2) is 4.70. The maximum atomic E-state index is 12.0. The number of rotatable bonds is 4. The van der Waals surface area contributed by atoms with E-state index in [9.17, 15) is 13.2 Å². The Morgan fingerprint density at radius 1 is 1.39 bits per heavy atom. The van der Waals surface area contributed by atoms with E-state index in [0.29, 0.717) is 12.2 Å². The molecule has 1 aliphatic heterocycles. The summed E-state index contributed by atoms with van der Waals surface area (Å²) in [5.74, 6) is -0.401. The van der Waals surface area contributed by atoms with Crippen LogP contribution in [-0.4, -0.2) is 20.9 Å². The summed E-state index contributed by atoms with van der Waals surface area (Å²) >= 11 is 0. The molecule has 1 heterocycles.